The molecule has 3 rings (SSSR count). The molecule has 1 amide bonds. The second-order valence-electron chi connectivity index (χ2n) is 4.84. The maximum Gasteiger partial charge on any atom is 0.265 e. The van der Waals surface area contributed by atoms with Crippen LogP contribution in [-0.2, 0) is 4.79 Å². The molecule has 1 N–H and O–H groups in total. The normalized spacial score (nSPS) is 21.5. The number of fused-ring (bicyclic) bond motifs is 1. The van der Waals surface area contributed by atoms with Gasteiger partial charge < -0.3 is 15.0 Å². The van der Waals surface area contributed by atoms with Gasteiger partial charge in [0.2, 0.25) is 0 Å². The van der Waals surface area contributed by atoms with Crippen molar-refractivity contribution in [3.05, 3.63) is 24.3 Å². The summed E-state index contributed by atoms with van der Waals surface area (Å²) in [5, 5.41) is 3.26. The monoisotopic (exact) mass is 246 g/mol. The fourth-order valence-corrected chi connectivity index (χ4v) is 2.42. The molecule has 1 aliphatic heterocycles. The minimum absolute atomic E-state index is 0.113. The van der Waals surface area contributed by atoms with Crippen molar-refractivity contribution >= 4 is 11.6 Å². The Balaban J connectivity index is 1.73. The van der Waals surface area contributed by atoms with Crippen molar-refractivity contribution in [3.8, 4) is 5.75 Å². The predicted molar refractivity (Wildman–Crippen MR) is 69.8 cm³/mol. The Kier molecular flexibility index (Phi) is 2.86. The molecule has 0 saturated heterocycles. The zero-order chi connectivity index (χ0) is 12.5. The van der Waals surface area contributed by atoms with Gasteiger partial charge in [-0.25, -0.2) is 0 Å². The molecule has 4 nitrogen and oxygen atoms in total. The van der Waals surface area contributed by atoms with Crippen LogP contribution in [0.2, 0.25) is 0 Å². The lowest BCUT2D eigenvalue weighted by Crippen LogP contribution is -2.47. The smallest absolute Gasteiger partial charge is 0.265 e. The van der Waals surface area contributed by atoms with Gasteiger partial charge in [0.1, 0.15) is 5.75 Å². The molecule has 1 heterocycles. The van der Waals surface area contributed by atoms with Gasteiger partial charge in [0, 0.05) is 12.6 Å². The number of carbonyl (C=O) groups is 1. The molecular formula is C14H18N2O2. The summed E-state index contributed by atoms with van der Waals surface area (Å²) >= 11 is 0. The maximum absolute atomic E-state index is 12.4. The molecule has 1 aliphatic carbocycles. The molecular weight excluding hydrogens is 228 g/mol. The predicted octanol–water partition coefficient (Wildman–Crippen LogP) is 1.87. The van der Waals surface area contributed by atoms with E-state index in [1.165, 1.54) is 0 Å². The summed E-state index contributed by atoms with van der Waals surface area (Å²) in [7, 11) is 0. The third-order valence-corrected chi connectivity index (χ3v) is 3.52. The maximum atomic E-state index is 12.4. The quantitative estimate of drug-likeness (QED) is 0.885. The molecule has 1 fully saturated rings. The number of para-hydroxylation sites is 2. The van der Waals surface area contributed by atoms with Crippen LogP contribution in [0.5, 0.6) is 5.75 Å². The van der Waals surface area contributed by atoms with Gasteiger partial charge in [-0.3, -0.25) is 4.79 Å². The summed E-state index contributed by atoms with van der Waals surface area (Å²) < 4.78 is 5.80. The minimum atomic E-state index is -0.388. The summed E-state index contributed by atoms with van der Waals surface area (Å²) in [5.74, 6) is 0.885. The number of hydrogen-bond donors (Lipinski definition) is 1. The average Bonchev–Trinajstić information content (AvgIpc) is 3.23. The number of nitrogens with zero attached hydrogens (tertiary/aromatic N) is 1. The second kappa shape index (κ2) is 4.52. The molecule has 1 atom stereocenters. The SMILES string of the molecule is CCN(C(=O)C1CNc2ccccc2O1)C1CC1. The highest BCUT2D eigenvalue weighted by Gasteiger charge is 2.36. The number of nitrogens with one attached hydrogen (secondary N) is 1. The van der Waals surface area contributed by atoms with E-state index in [1.54, 1.807) is 0 Å². The fourth-order valence-electron chi connectivity index (χ4n) is 2.42. The van der Waals surface area contributed by atoms with E-state index in [9.17, 15) is 4.79 Å². The van der Waals surface area contributed by atoms with Crippen LogP contribution >= 0.6 is 0 Å². The number of rotatable bonds is 3. The van der Waals surface area contributed by atoms with Gasteiger partial charge in [-0.2, -0.15) is 0 Å². The first-order valence-electron chi connectivity index (χ1n) is 6.59. The highest BCUT2D eigenvalue weighted by atomic mass is 16.5. The topological polar surface area (TPSA) is 41.6 Å². The molecule has 0 aromatic heterocycles. The molecule has 1 saturated carbocycles. The van der Waals surface area contributed by atoms with Crippen molar-refractivity contribution in [2.24, 2.45) is 0 Å². The summed E-state index contributed by atoms with van der Waals surface area (Å²) in [6.07, 6.45) is 1.88. The summed E-state index contributed by atoms with van der Waals surface area (Å²) in [4.78, 5) is 14.3. The van der Waals surface area contributed by atoms with Crippen molar-refractivity contribution in [2.45, 2.75) is 31.9 Å². The van der Waals surface area contributed by atoms with Crippen molar-refractivity contribution in [3.63, 3.8) is 0 Å². The number of hydrogen-bond acceptors (Lipinski definition) is 3. The van der Waals surface area contributed by atoms with Crippen molar-refractivity contribution in [2.75, 3.05) is 18.4 Å². The molecule has 18 heavy (non-hydrogen) atoms. The van der Waals surface area contributed by atoms with Gasteiger partial charge in [0.25, 0.3) is 5.91 Å². The Labute approximate surface area is 107 Å². The average molecular weight is 246 g/mol. The largest absolute Gasteiger partial charge is 0.477 e. The first-order valence-corrected chi connectivity index (χ1v) is 6.59. The Morgan fingerprint density at radius 2 is 2.22 bits per heavy atom. The van der Waals surface area contributed by atoms with E-state index in [4.69, 9.17) is 4.74 Å². The molecule has 1 aromatic carbocycles. The van der Waals surface area contributed by atoms with Gasteiger partial charge in [0.15, 0.2) is 6.10 Å². The van der Waals surface area contributed by atoms with E-state index in [2.05, 4.69) is 5.32 Å². The number of benzene rings is 1. The highest BCUT2D eigenvalue weighted by molar-refractivity contribution is 5.83. The minimum Gasteiger partial charge on any atom is -0.477 e. The van der Waals surface area contributed by atoms with E-state index in [0.717, 1.165) is 30.8 Å². The van der Waals surface area contributed by atoms with Crippen LogP contribution in [0.25, 0.3) is 0 Å². The second-order valence-corrected chi connectivity index (χ2v) is 4.84. The Morgan fingerprint density at radius 3 is 2.94 bits per heavy atom. The van der Waals surface area contributed by atoms with Crippen LogP contribution in [0.3, 0.4) is 0 Å². The van der Waals surface area contributed by atoms with Crippen LogP contribution < -0.4 is 10.1 Å². The van der Waals surface area contributed by atoms with Crippen LogP contribution in [0.4, 0.5) is 5.69 Å². The molecule has 96 valence electrons. The van der Waals surface area contributed by atoms with Crippen LogP contribution in [0, 0.1) is 0 Å². The van der Waals surface area contributed by atoms with Crippen LogP contribution in [0.1, 0.15) is 19.8 Å². The zero-order valence-electron chi connectivity index (χ0n) is 10.6. The van der Waals surface area contributed by atoms with Gasteiger partial charge in [-0.1, -0.05) is 12.1 Å². The van der Waals surface area contributed by atoms with Crippen LogP contribution in [-0.4, -0.2) is 36.0 Å². The number of ether oxygens (including phenoxy) is 1. The summed E-state index contributed by atoms with van der Waals surface area (Å²) in [5.41, 5.74) is 0.969. The number of likely N-dealkylation sites (N-methyl/N-ethyl adjacent to an activating group) is 1. The highest BCUT2D eigenvalue weighted by Crippen LogP contribution is 2.31. The van der Waals surface area contributed by atoms with E-state index >= 15 is 0 Å². The molecule has 2 aliphatic rings. The molecule has 0 bridgehead atoms. The van der Waals surface area contributed by atoms with Crippen molar-refractivity contribution in [1.82, 2.24) is 4.90 Å². The lowest BCUT2D eigenvalue weighted by Gasteiger charge is -2.30. The molecule has 4 heteroatoms. The first kappa shape index (κ1) is 11.4. The standard InChI is InChI=1S/C14H18N2O2/c1-2-16(10-7-8-10)14(17)13-9-15-11-5-3-4-6-12(11)18-13/h3-6,10,13,15H,2,7-9H2,1H3. The third kappa shape index (κ3) is 2.03. The summed E-state index contributed by atoms with van der Waals surface area (Å²) in [6, 6.07) is 8.19. The molecule has 1 unspecified atom stereocenters. The summed E-state index contributed by atoms with van der Waals surface area (Å²) in [6.45, 7) is 3.35. The number of carbonyl (C=O) groups excluding carboxylic acids is 1. The lowest BCUT2D eigenvalue weighted by atomic mass is 10.2. The lowest BCUT2D eigenvalue weighted by molar-refractivity contribution is -0.138. The van der Waals surface area contributed by atoms with Gasteiger partial charge in [-0.15, -0.1) is 0 Å². The van der Waals surface area contributed by atoms with Gasteiger partial charge in [-0.05, 0) is 31.9 Å². The Hall–Kier alpha value is -1.71. The molecule has 0 spiro atoms. The Bertz CT molecular complexity index is 457. The van der Waals surface area contributed by atoms with E-state index < -0.39 is 0 Å². The number of amides is 1. The van der Waals surface area contributed by atoms with E-state index in [-0.39, 0.29) is 12.0 Å². The first-order chi connectivity index (χ1) is 8.79. The number of anilines is 1. The van der Waals surface area contributed by atoms with E-state index in [0.29, 0.717) is 12.6 Å². The van der Waals surface area contributed by atoms with Crippen LogP contribution in [0.15, 0.2) is 24.3 Å². The molecule has 1 aromatic rings. The van der Waals surface area contributed by atoms with Gasteiger partial charge >= 0.3 is 0 Å². The zero-order valence-corrected chi connectivity index (χ0v) is 10.6. The third-order valence-electron chi connectivity index (χ3n) is 3.52. The van der Waals surface area contributed by atoms with Gasteiger partial charge in [0.05, 0.1) is 12.2 Å². The van der Waals surface area contributed by atoms with Crippen molar-refractivity contribution in [1.29, 1.82) is 0 Å². The fraction of sp³-hybridized carbons (Fsp3) is 0.500. The van der Waals surface area contributed by atoms with E-state index in [1.807, 2.05) is 36.1 Å². The van der Waals surface area contributed by atoms with Crippen molar-refractivity contribution < 1.29 is 9.53 Å². The molecule has 0 radical (unpaired) electrons. The Morgan fingerprint density at radius 1 is 1.44 bits per heavy atom.